The lowest BCUT2D eigenvalue weighted by Crippen LogP contribution is -2.43. The molecule has 1 fully saturated rings. The van der Waals surface area contributed by atoms with Crippen molar-refractivity contribution in [3.8, 4) is 0 Å². The molecule has 1 unspecified atom stereocenters. The number of fused-ring (bicyclic) bond motifs is 1. The number of pyridine rings is 2. The number of benzene rings is 1. The highest BCUT2D eigenvalue weighted by molar-refractivity contribution is 5.96. The SMILES string of the molecule is O=C(NCC(c1cccnc1)N1CCOCC1)c1cnc2c(c1)ncn2Cc1ccccc1. The van der Waals surface area contributed by atoms with Crippen molar-refractivity contribution in [3.05, 3.63) is 90.1 Å². The fourth-order valence-electron chi connectivity index (χ4n) is 4.18. The minimum atomic E-state index is -0.163. The topological polar surface area (TPSA) is 85.2 Å². The maximum absolute atomic E-state index is 13.0. The Hall–Kier alpha value is -3.62. The fraction of sp³-hybridized carbons (Fsp3) is 0.280. The number of nitrogens with one attached hydrogen (secondary N) is 1. The lowest BCUT2D eigenvalue weighted by atomic mass is 10.1. The van der Waals surface area contributed by atoms with Gasteiger partial charge in [-0.2, -0.15) is 0 Å². The Morgan fingerprint density at radius 3 is 2.70 bits per heavy atom. The van der Waals surface area contributed by atoms with E-state index in [-0.39, 0.29) is 11.9 Å². The molecule has 1 saturated heterocycles. The second kappa shape index (κ2) is 9.89. The Labute approximate surface area is 192 Å². The van der Waals surface area contributed by atoms with Crippen LogP contribution < -0.4 is 5.32 Å². The molecule has 0 spiro atoms. The zero-order valence-electron chi connectivity index (χ0n) is 18.3. The van der Waals surface area contributed by atoms with Crippen molar-refractivity contribution in [1.29, 1.82) is 0 Å². The van der Waals surface area contributed by atoms with E-state index in [0.29, 0.717) is 37.4 Å². The molecule has 1 aromatic carbocycles. The van der Waals surface area contributed by atoms with Gasteiger partial charge in [0, 0.05) is 38.2 Å². The number of rotatable bonds is 7. The molecule has 0 radical (unpaired) electrons. The second-order valence-corrected chi connectivity index (χ2v) is 8.09. The van der Waals surface area contributed by atoms with Crippen LogP contribution in [-0.2, 0) is 11.3 Å². The first-order valence-electron chi connectivity index (χ1n) is 11.1. The van der Waals surface area contributed by atoms with Crippen LogP contribution in [0, 0.1) is 0 Å². The van der Waals surface area contributed by atoms with Gasteiger partial charge < -0.3 is 14.6 Å². The molecular formula is C25H26N6O2. The van der Waals surface area contributed by atoms with Crippen LogP contribution >= 0.6 is 0 Å². The molecule has 1 atom stereocenters. The Morgan fingerprint density at radius 1 is 1.06 bits per heavy atom. The average molecular weight is 443 g/mol. The van der Waals surface area contributed by atoms with E-state index in [9.17, 15) is 4.79 Å². The molecule has 4 aromatic rings. The normalized spacial score (nSPS) is 15.4. The van der Waals surface area contributed by atoms with Gasteiger partial charge in [-0.1, -0.05) is 36.4 Å². The first-order valence-corrected chi connectivity index (χ1v) is 11.1. The minimum Gasteiger partial charge on any atom is -0.379 e. The third-order valence-electron chi connectivity index (χ3n) is 5.93. The predicted octanol–water partition coefficient (Wildman–Crippen LogP) is 2.68. The van der Waals surface area contributed by atoms with E-state index in [1.165, 1.54) is 5.56 Å². The fourth-order valence-corrected chi connectivity index (χ4v) is 4.18. The standard InChI is InChI=1S/C25H26N6O2/c32-25(28-16-23(20-7-4-8-26-14-20)30-9-11-33-12-10-30)21-13-22-24(27-15-21)31(18-29-22)17-19-5-2-1-3-6-19/h1-8,13-15,18,23H,9-12,16-17H2,(H,28,32). The lowest BCUT2D eigenvalue weighted by Gasteiger charge is -2.34. The molecule has 5 rings (SSSR count). The van der Waals surface area contributed by atoms with E-state index in [0.717, 1.165) is 24.3 Å². The summed E-state index contributed by atoms with van der Waals surface area (Å²) in [7, 11) is 0. The largest absolute Gasteiger partial charge is 0.379 e. The maximum Gasteiger partial charge on any atom is 0.252 e. The van der Waals surface area contributed by atoms with Crippen LogP contribution in [0.1, 0.15) is 27.5 Å². The molecule has 4 heterocycles. The van der Waals surface area contributed by atoms with Gasteiger partial charge in [0.25, 0.3) is 5.91 Å². The Kier molecular flexibility index (Phi) is 6.37. The molecule has 168 valence electrons. The van der Waals surface area contributed by atoms with Crippen LogP contribution in [0.15, 0.2) is 73.4 Å². The van der Waals surface area contributed by atoms with Gasteiger partial charge in [0.15, 0.2) is 5.65 Å². The van der Waals surface area contributed by atoms with Crippen molar-refractivity contribution in [3.63, 3.8) is 0 Å². The Morgan fingerprint density at radius 2 is 1.91 bits per heavy atom. The number of ether oxygens (including phenoxy) is 1. The quantitative estimate of drug-likeness (QED) is 0.474. The summed E-state index contributed by atoms with van der Waals surface area (Å²) >= 11 is 0. The monoisotopic (exact) mass is 442 g/mol. The van der Waals surface area contributed by atoms with Gasteiger partial charge in [0.1, 0.15) is 5.52 Å². The van der Waals surface area contributed by atoms with Crippen molar-refractivity contribution in [1.82, 2.24) is 29.7 Å². The maximum atomic E-state index is 13.0. The van der Waals surface area contributed by atoms with E-state index in [1.54, 1.807) is 24.8 Å². The Balaban J connectivity index is 1.29. The number of hydrogen-bond acceptors (Lipinski definition) is 6. The van der Waals surface area contributed by atoms with Crippen LogP contribution in [0.25, 0.3) is 11.2 Å². The smallest absolute Gasteiger partial charge is 0.252 e. The average Bonchev–Trinajstić information content (AvgIpc) is 3.28. The molecule has 0 aliphatic carbocycles. The first-order chi connectivity index (χ1) is 16.3. The summed E-state index contributed by atoms with van der Waals surface area (Å²) < 4.78 is 7.49. The summed E-state index contributed by atoms with van der Waals surface area (Å²) in [6.07, 6.45) is 7.01. The Bertz CT molecular complexity index is 1210. The van der Waals surface area contributed by atoms with Crippen molar-refractivity contribution in [2.24, 2.45) is 0 Å². The van der Waals surface area contributed by atoms with E-state index < -0.39 is 0 Å². The minimum absolute atomic E-state index is 0.0355. The van der Waals surface area contributed by atoms with Gasteiger partial charge in [-0.05, 0) is 23.3 Å². The highest BCUT2D eigenvalue weighted by atomic mass is 16.5. The van der Waals surface area contributed by atoms with Gasteiger partial charge in [-0.25, -0.2) is 9.97 Å². The number of hydrogen-bond donors (Lipinski definition) is 1. The summed E-state index contributed by atoms with van der Waals surface area (Å²) in [5.74, 6) is -0.163. The van der Waals surface area contributed by atoms with E-state index in [4.69, 9.17) is 4.74 Å². The highest BCUT2D eigenvalue weighted by Gasteiger charge is 2.23. The van der Waals surface area contributed by atoms with E-state index >= 15 is 0 Å². The molecule has 3 aromatic heterocycles. The summed E-state index contributed by atoms with van der Waals surface area (Å²) in [4.78, 5) is 28.5. The van der Waals surface area contributed by atoms with Crippen molar-refractivity contribution in [2.45, 2.75) is 12.6 Å². The van der Waals surface area contributed by atoms with Crippen LogP contribution in [0.2, 0.25) is 0 Å². The van der Waals surface area contributed by atoms with Crippen LogP contribution in [-0.4, -0.2) is 63.2 Å². The van der Waals surface area contributed by atoms with E-state index in [2.05, 4.69) is 37.3 Å². The number of aromatic nitrogens is 4. The number of carbonyl (C=O) groups is 1. The molecule has 0 bridgehead atoms. The zero-order valence-corrected chi connectivity index (χ0v) is 18.3. The third kappa shape index (κ3) is 4.92. The number of morpholine rings is 1. The molecule has 1 N–H and O–H groups in total. The molecule has 8 heteroatoms. The van der Waals surface area contributed by atoms with Gasteiger partial charge in [0.05, 0.1) is 37.7 Å². The van der Waals surface area contributed by atoms with Gasteiger partial charge in [-0.15, -0.1) is 0 Å². The summed E-state index contributed by atoms with van der Waals surface area (Å²) in [6.45, 7) is 4.19. The van der Waals surface area contributed by atoms with Gasteiger partial charge in [0.2, 0.25) is 0 Å². The van der Waals surface area contributed by atoms with Crippen LogP contribution in [0.3, 0.4) is 0 Å². The van der Waals surface area contributed by atoms with Gasteiger partial charge in [-0.3, -0.25) is 14.7 Å². The summed E-state index contributed by atoms with van der Waals surface area (Å²) in [5, 5.41) is 3.08. The molecule has 33 heavy (non-hydrogen) atoms. The third-order valence-corrected chi connectivity index (χ3v) is 5.93. The molecule has 0 saturated carbocycles. The number of nitrogens with zero attached hydrogens (tertiary/aromatic N) is 5. The molecule has 8 nitrogen and oxygen atoms in total. The van der Waals surface area contributed by atoms with Crippen LogP contribution in [0.4, 0.5) is 0 Å². The van der Waals surface area contributed by atoms with E-state index in [1.807, 2.05) is 41.1 Å². The summed E-state index contributed by atoms with van der Waals surface area (Å²) in [5.41, 5.74) is 4.21. The first kappa shape index (κ1) is 21.2. The van der Waals surface area contributed by atoms with Crippen molar-refractivity contribution >= 4 is 17.1 Å². The predicted molar refractivity (Wildman–Crippen MR) is 125 cm³/mol. The molecule has 1 amide bonds. The van der Waals surface area contributed by atoms with Crippen LogP contribution in [0.5, 0.6) is 0 Å². The number of imidazole rings is 1. The number of amides is 1. The van der Waals surface area contributed by atoms with Crippen molar-refractivity contribution in [2.75, 3.05) is 32.8 Å². The van der Waals surface area contributed by atoms with Gasteiger partial charge >= 0.3 is 0 Å². The molecule has 1 aliphatic heterocycles. The van der Waals surface area contributed by atoms with Crippen molar-refractivity contribution < 1.29 is 9.53 Å². The summed E-state index contributed by atoms with van der Waals surface area (Å²) in [6, 6.07) is 16.0. The second-order valence-electron chi connectivity index (χ2n) is 8.09. The molecule has 1 aliphatic rings. The molecular weight excluding hydrogens is 416 g/mol. The number of carbonyl (C=O) groups excluding carboxylic acids is 1. The highest BCUT2D eigenvalue weighted by Crippen LogP contribution is 2.21. The lowest BCUT2D eigenvalue weighted by molar-refractivity contribution is 0.0161. The zero-order chi connectivity index (χ0) is 22.5.